The first-order valence-corrected chi connectivity index (χ1v) is 12.5. The highest BCUT2D eigenvalue weighted by molar-refractivity contribution is 7.92. The number of anilines is 1. The zero-order valence-electron chi connectivity index (χ0n) is 19.0. The first-order valence-electron chi connectivity index (χ1n) is 11.0. The zero-order chi connectivity index (χ0) is 23.7. The number of aryl methyl sites for hydroxylation is 2. The van der Waals surface area contributed by atoms with Crippen LogP contribution in [0.2, 0.25) is 0 Å². The normalized spacial score (nSPS) is 11.1. The molecule has 0 spiro atoms. The standard InChI is InChI=1S/C26H30N2O4S/c1-3-32-25-17-8-7-12-22(25)13-10-18-27-26(29)20-28(23-14-9-11-21(2)19-23)33(30,31)24-15-5-4-6-16-24/h4-9,11-12,14-17,19H,3,10,13,18,20H2,1-2H3,(H,27,29). The highest BCUT2D eigenvalue weighted by Crippen LogP contribution is 2.24. The molecule has 0 heterocycles. The summed E-state index contributed by atoms with van der Waals surface area (Å²) in [5.41, 5.74) is 2.45. The first kappa shape index (κ1) is 24.3. The second-order valence-corrected chi connectivity index (χ2v) is 9.52. The van der Waals surface area contributed by atoms with E-state index in [1.165, 1.54) is 12.1 Å². The minimum atomic E-state index is -3.90. The Hall–Kier alpha value is -3.32. The van der Waals surface area contributed by atoms with Gasteiger partial charge >= 0.3 is 0 Å². The van der Waals surface area contributed by atoms with Crippen molar-refractivity contribution in [1.82, 2.24) is 5.32 Å². The fraction of sp³-hybridized carbons (Fsp3) is 0.269. The molecule has 0 aliphatic carbocycles. The molecule has 0 aliphatic heterocycles. The van der Waals surface area contributed by atoms with Crippen LogP contribution in [0.3, 0.4) is 0 Å². The number of para-hydroxylation sites is 1. The van der Waals surface area contributed by atoms with Gasteiger partial charge in [0.2, 0.25) is 5.91 Å². The van der Waals surface area contributed by atoms with E-state index in [0.29, 0.717) is 25.3 Å². The van der Waals surface area contributed by atoms with E-state index in [1.54, 1.807) is 36.4 Å². The zero-order valence-corrected chi connectivity index (χ0v) is 19.8. The summed E-state index contributed by atoms with van der Waals surface area (Å²) < 4.78 is 33.5. The fourth-order valence-corrected chi connectivity index (χ4v) is 4.95. The molecule has 3 aromatic rings. The lowest BCUT2D eigenvalue weighted by molar-refractivity contribution is -0.119. The van der Waals surface area contributed by atoms with Crippen LogP contribution in [0.4, 0.5) is 5.69 Å². The molecule has 0 saturated carbocycles. The highest BCUT2D eigenvalue weighted by Gasteiger charge is 2.27. The van der Waals surface area contributed by atoms with E-state index < -0.39 is 10.0 Å². The number of hydrogen-bond acceptors (Lipinski definition) is 4. The Bertz CT molecular complexity index is 1160. The molecule has 6 nitrogen and oxygen atoms in total. The van der Waals surface area contributed by atoms with Crippen LogP contribution < -0.4 is 14.4 Å². The summed E-state index contributed by atoms with van der Waals surface area (Å²) in [4.78, 5) is 12.9. The average molecular weight is 467 g/mol. The van der Waals surface area contributed by atoms with Gasteiger partial charge in [-0.05, 0) is 68.1 Å². The van der Waals surface area contributed by atoms with Crippen LogP contribution in [0, 0.1) is 6.92 Å². The molecule has 3 rings (SSSR count). The Morgan fingerprint density at radius 3 is 2.42 bits per heavy atom. The van der Waals surface area contributed by atoms with Gasteiger partial charge in [0.25, 0.3) is 10.0 Å². The largest absolute Gasteiger partial charge is 0.494 e. The lowest BCUT2D eigenvalue weighted by Gasteiger charge is -2.24. The Kier molecular flexibility index (Phi) is 8.49. The van der Waals surface area contributed by atoms with Crippen LogP contribution in [0.1, 0.15) is 24.5 Å². The fourth-order valence-electron chi connectivity index (χ4n) is 3.52. The number of ether oxygens (including phenoxy) is 1. The van der Waals surface area contributed by atoms with E-state index >= 15 is 0 Å². The molecule has 0 fully saturated rings. The molecule has 0 atom stereocenters. The Morgan fingerprint density at radius 2 is 1.70 bits per heavy atom. The van der Waals surface area contributed by atoms with Gasteiger partial charge < -0.3 is 10.1 Å². The van der Waals surface area contributed by atoms with Gasteiger partial charge in [0, 0.05) is 6.54 Å². The number of rotatable bonds is 11. The maximum absolute atomic E-state index is 13.3. The molecule has 0 saturated heterocycles. The predicted molar refractivity (Wildman–Crippen MR) is 131 cm³/mol. The van der Waals surface area contributed by atoms with Crippen LogP contribution in [-0.2, 0) is 21.2 Å². The van der Waals surface area contributed by atoms with Crippen molar-refractivity contribution < 1.29 is 17.9 Å². The van der Waals surface area contributed by atoms with Gasteiger partial charge in [0.05, 0.1) is 17.2 Å². The molecule has 0 aromatic heterocycles. The highest BCUT2D eigenvalue weighted by atomic mass is 32.2. The van der Waals surface area contributed by atoms with Gasteiger partial charge in [-0.25, -0.2) is 8.42 Å². The molecular weight excluding hydrogens is 436 g/mol. The third-order valence-electron chi connectivity index (χ3n) is 5.13. The maximum atomic E-state index is 13.3. The number of nitrogens with one attached hydrogen (secondary N) is 1. The Morgan fingerprint density at radius 1 is 0.970 bits per heavy atom. The second kappa shape index (κ2) is 11.5. The van der Waals surface area contributed by atoms with E-state index in [-0.39, 0.29) is 17.3 Å². The molecule has 1 N–H and O–H groups in total. The molecule has 0 radical (unpaired) electrons. The summed E-state index contributed by atoms with van der Waals surface area (Å²) in [6.07, 6.45) is 1.46. The van der Waals surface area contributed by atoms with E-state index in [0.717, 1.165) is 27.6 Å². The third kappa shape index (κ3) is 6.58. The van der Waals surface area contributed by atoms with E-state index in [1.807, 2.05) is 44.2 Å². The van der Waals surface area contributed by atoms with Gasteiger partial charge in [-0.3, -0.25) is 9.10 Å². The molecule has 7 heteroatoms. The number of sulfonamides is 1. The van der Waals surface area contributed by atoms with Crippen molar-refractivity contribution in [3.05, 3.63) is 90.0 Å². The van der Waals surface area contributed by atoms with Crippen molar-refractivity contribution in [2.75, 3.05) is 24.0 Å². The lowest BCUT2D eigenvalue weighted by atomic mass is 10.1. The Balaban J connectivity index is 1.67. The predicted octanol–water partition coefficient (Wildman–Crippen LogP) is 4.34. The SMILES string of the molecule is CCOc1ccccc1CCCNC(=O)CN(c1cccc(C)c1)S(=O)(=O)c1ccccc1. The monoisotopic (exact) mass is 466 g/mol. The van der Waals surface area contributed by atoms with Crippen molar-refractivity contribution in [3.63, 3.8) is 0 Å². The smallest absolute Gasteiger partial charge is 0.264 e. The molecule has 0 unspecified atom stereocenters. The van der Waals surface area contributed by atoms with Crippen LogP contribution in [0.25, 0.3) is 0 Å². The number of benzene rings is 3. The van der Waals surface area contributed by atoms with Gasteiger partial charge in [0.15, 0.2) is 0 Å². The number of nitrogens with zero attached hydrogens (tertiary/aromatic N) is 1. The van der Waals surface area contributed by atoms with Crippen LogP contribution >= 0.6 is 0 Å². The lowest BCUT2D eigenvalue weighted by Crippen LogP contribution is -2.41. The summed E-state index contributed by atoms with van der Waals surface area (Å²) in [7, 11) is -3.90. The summed E-state index contributed by atoms with van der Waals surface area (Å²) in [5, 5.41) is 2.86. The quantitative estimate of drug-likeness (QED) is 0.427. The van der Waals surface area contributed by atoms with Crippen molar-refractivity contribution in [2.24, 2.45) is 0 Å². The third-order valence-corrected chi connectivity index (χ3v) is 6.91. The number of carbonyl (C=O) groups is 1. The molecule has 0 aliphatic rings. The maximum Gasteiger partial charge on any atom is 0.264 e. The van der Waals surface area contributed by atoms with Gasteiger partial charge in [0.1, 0.15) is 12.3 Å². The topological polar surface area (TPSA) is 75.7 Å². The van der Waals surface area contributed by atoms with Crippen LogP contribution in [0.15, 0.2) is 83.8 Å². The summed E-state index contributed by atoms with van der Waals surface area (Å²) in [6.45, 7) is 4.57. The van der Waals surface area contributed by atoms with Crippen molar-refractivity contribution in [1.29, 1.82) is 0 Å². The van der Waals surface area contributed by atoms with Crippen molar-refractivity contribution in [3.8, 4) is 5.75 Å². The summed E-state index contributed by atoms with van der Waals surface area (Å²) in [6, 6.07) is 23.1. The average Bonchev–Trinajstić information content (AvgIpc) is 2.82. The molecule has 33 heavy (non-hydrogen) atoms. The van der Waals surface area contributed by atoms with E-state index in [2.05, 4.69) is 5.32 Å². The minimum Gasteiger partial charge on any atom is -0.494 e. The van der Waals surface area contributed by atoms with E-state index in [9.17, 15) is 13.2 Å². The van der Waals surface area contributed by atoms with Gasteiger partial charge in [-0.1, -0.05) is 48.5 Å². The molecule has 1 amide bonds. The molecule has 3 aromatic carbocycles. The van der Waals surface area contributed by atoms with Crippen molar-refractivity contribution >= 4 is 21.6 Å². The first-order chi connectivity index (χ1) is 15.9. The second-order valence-electron chi connectivity index (χ2n) is 7.66. The van der Waals surface area contributed by atoms with Crippen molar-refractivity contribution in [2.45, 2.75) is 31.6 Å². The molecular formula is C26H30N2O4S. The van der Waals surface area contributed by atoms with Crippen LogP contribution in [0.5, 0.6) is 5.75 Å². The minimum absolute atomic E-state index is 0.145. The number of carbonyl (C=O) groups excluding carboxylic acids is 1. The van der Waals surface area contributed by atoms with Gasteiger partial charge in [-0.2, -0.15) is 0 Å². The molecule has 0 bridgehead atoms. The Labute approximate surface area is 196 Å². The number of amides is 1. The molecule has 174 valence electrons. The van der Waals surface area contributed by atoms with Crippen LogP contribution in [-0.4, -0.2) is 34.0 Å². The summed E-state index contributed by atoms with van der Waals surface area (Å²) >= 11 is 0. The van der Waals surface area contributed by atoms with E-state index in [4.69, 9.17) is 4.74 Å². The summed E-state index contributed by atoms with van der Waals surface area (Å²) in [5.74, 6) is 0.500. The van der Waals surface area contributed by atoms with Gasteiger partial charge in [-0.15, -0.1) is 0 Å². The number of hydrogen-bond donors (Lipinski definition) is 1.